The van der Waals surface area contributed by atoms with E-state index < -0.39 is 0 Å². The zero-order chi connectivity index (χ0) is 14.9. The van der Waals surface area contributed by atoms with Crippen LogP contribution in [0.2, 0.25) is 0 Å². The van der Waals surface area contributed by atoms with E-state index in [1.165, 1.54) is 27.8 Å². The summed E-state index contributed by atoms with van der Waals surface area (Å²) in [4.78, 5) is 0. The van der Waals surface area contributed by atoms with Gasteiger partial charge in [0, 0.05) is 0 Å². The van der Waals surface area contributed by atoms with Crippen molar-refractivity contribution in [3.05, 3.63) is 70.3 Å². The van der Waals surface area contributed by atoms with Crippen molar-refractivity contribution in [1.29, 1.82) is 0 Å². The predicted octanol–water partition coefficient (Wildman–Crippen LogP) is 5.93. The Bertz CT molecular complexity index is 605. The van der Waals surface area contributed by atoms with Crippen LogP contribution in [0.3, 0.4) is 0 Å². The molecule has 1 heteroatoms. The molecule has 0 saturated carbocycles. The largest absolute Gasteiger partial charge is 0.113 e. The number of hydrogen-bond acceptors (Lipinski definition) is 0. The van der Waals surface area contributed by atoms with E-state index in [0.717, 1.165) is 0 Å². The molecule has 0 aliphatic carbocycles. The van der Waals surface area contributed by atoms with Crippen LogP contribution in [-0.4, -0.2) is 0 Å². The molecule has 2 rings (SSSR count). The minimum Gasteiger partial charge on any atom is -0.113 e. The highest BCUT2D eigenvalue weighted by Crippen LogP contribution is 2.36. The molecule has 0 heterocycles. The monoisotopic (exact) mass is 286 g/mol. The molecule has 0 nitrogen and oxygen atoms in total. The number of alkyl halides is 1. The fraction of sp³-hybridized carbons (Fsp3) is 0.368. The molecule has 1 unspecified atom stereocenters. The Labute approximate surface area is 127 Å². The molecule has 2 aromatic carbocycles. The molecular weight excluding hydrogens is 264 g/mol. The van der Waals surface area contributed by atoms with Crippen molar-refractivity contribution in [3.63, 3.8) is 0 Å². The third-order valence-electron chi connectivity index (χ3n) is 3.87. The molecule has 106 valence electrons. The van der Waals surface area contributed by atoms with E-state index in [1.807, 2.05) is 0 Å². The van der Waals surface area contributed by atoms with Gasteiger partial charge >= 0.3 is 0 Å². The van der Waals surface area contributed by atoms with E-state index in [4.69, 9.17) is 11.6 Å². The second-order valence-electron chi connectivity index (χ2n) is 6.54. The van der Waals surface area contributed by atoms with Crippen LogP contribution < -0.4 is 0 Å². The van der Waals surface area contributed by atoms with Gasteiger partial charge < -0.3 is 0 Å². The van der Waals surface area contributed by atoms with Gasteiger partial charge in [0.2, 0.25) is 0 Å². The number of aryl methyl sites for hydroxylation is 2. The van der Waals surface area contributed by atoms with Crippen LogP contribution in [0.15, 0.2) is 42.5 Å². The van der Waals surface area contributed by atoms with E-state index in [9.17, 15) is 0 Å². The lowest BCUT2D eigenvalue weighted by atomic mass is 9.82. The molecular formula is C19H23Cl. The maximum Gasteiger partial charge on any atom is 0.0838 e. The van der Waals surface area contributed by atoms with Crippen molar-refractivity contribution in [2.75, 3.05) is 0 Å². The van der Waals surface area contributed by atoms with Gasteiger partial charge in [-0.1, -0.05) is 63.2 Å². The first-order chi connectivity index (χ1) is 9.30. The second-order valence-corrected chi connectivity index (χ2v) is 6.98. The van der Waals surface area contributed by atoms with Gasteiger partial charge in [-0.2, -0.15) is 0 Å². The highest BCUT2D eigenvalue weighted by molar-refractivity contribution is 6.22. The molecule has 0 spiro atoms. The summed E-state index contributed by atoms with van der Waals surface area (Å²) in [6.07, 6.45) is 0. The van der Waals surface area contributed by atoms with Crippen LogP contribution in [-0.2, 0) is 5.41 Å². The van der Waals surface area contributed by atoms with Crippen LogP contribution >= 0.6 is 11.6 Å². The number of benzene rings is 2. The average Bonchev–Trinajstić information content (AvgIpc) is 2.40. The summed E-state index contributed by atoms with van der Waals surface area (Å²) in [5.74, 6) is 0. The van der Waals surface area contributed by atoms with Gasteiger partial charge in [0.05, 0.1) is 5.38 Å². The molecule has 0 aliphatic rings. The van der Waals surface area contributed by atoms with E-state index in [2.05, 4.69) is 77.1 Å². The molecule has 0 fully saturated rings. The van der Waals surface area contributed by atoms with Gasteiger partial charge in [0.15, 0.2) is 0 Å². The topological polar surface area (TPSA) is 0 Å². The van der Waals surface area contributed by atoms with E-state index >= 15 is 0 Å². The Morgan fingerprint density at radius 1 is 0.900 bits per heavy atom. The summed E-state index contributed by atoms with van der Waals surface area (Å²) in [6, 6.07) is 15.0. The quantitative estimate of drug-likeness (QED) is 0.600. The summed E-state index contributed by atoms with van der Waals surface area (Å²) in [6.45, 7) is 11.0. The van der Waals surface area contributed by atoms with Crippen molar-refractivity contribution < 1.29 is 0 Å². The van der Waals surface area contributed by atoms with Crippen LogP contribution in [0, 0.1) is 13.8 Å². The highest BCUT2D eigenvalue weighted by atomic mass is 35.5. The van der Waals surface area contributed by atoms with Crippen LogP contribution in [0.4, 0.5) is 0 Å². The van der Waals surface area contributed by atoms with Crippen LogP contribution in [0.5, 0.6) is 0 Å². The van der Waals surface area contributed by atoms with Gasteiger partial charge in [0.25, 0.3) is 0 Å². The predicted molar refractivity (Wildman–Crippen MR) is 88.8 cm³/mol. The first-order valence-electron chi connectivity index (χ1n) is 7.11. The summed E-state index contributed by atoms with van der Waals surface area (Å²) in [7, 11) is 0. The zero-order valence-corrected chi connectivity index (χ0v) is 13.8. The van der Waals surface area contributed by atoms with E-state index in [-0.39, 0.29) is 10.8 Å². The van der Waals surface area contributed by atoms with Crippen LogP contribution in [0.25, 0.3) is 0 Å². The Hall–Kier alpha value is -1.27. The summed E-state index contributed by atoms with van der Waals surface area (Å²) < 4.78 is 0. The summed E-state index contributed by atoms with van der Waals surface area (Å²) >= 11 is 6.77. The molecule has 0 aromatic heterocycles. The van der Waals surface area contributed by atoms with Crippen molar-refractivity contribution in [2.45, 2.75) is 45.4 Å². The van der Waals surface area contributed by atoms with Crippen molar-refractivity contribution in [3.8, 4) is 0 Å². The lowest BCUT2D eigenvalue weighted by Gasteiger charge is -2.25. The second kappa shape index (κ2) is 5.61. The molecule has 0 aliphatic heterocycles. The van der Waals surface area contributed by atoms with Crippen LogP contribution in [0.1, 0.15) is 54.0 Å². The standard InChI is InChI=1S/C19H23Cl/c1-13-10-11-15(12-14(13)2)18(20)16-8-6-7-9-17(16)19(3,4)5/h6-12,18H,1-5H3. The normalized spacial score (nSPS) is 13.3. The Balaban J connectivity index is 2.48. The third-order valence-corrected chi connectivity index (χ3v) is 4.35. The molecule has 0 radical (unpaired) electrons. The molecule has 1 atom stereocenters. The zero-order valence-electron chi connectivity index (χ0n) is 13.0. The Morgan fingerprint density at radius 2 is 1.55 bits per heavy atom. The first kappa shape index (κ1) is 15.1. The van der Waals surface area contributed by atoms with Gasteiger partial charge in [-0.15, -0.1) is 11.6 Å². The highest BCUT2D eigenvalue weighted by Gasteiger charge is 2.22. The summed E-state index contributed by atoms with van der Waals surface area (Å²) in [5.41, 5.74) is 6.40. The molecule has 0 bridgehead atoms. The minimum atomic E-state index is -0.0928. The van der Waals surface area contributed by atoms with E-state index in [0.29, 0.717) is 0 Å². The van der Waals surface area contributed by atoms with Gasteiger partial charge in [-0.25, -0.2) is 0 Å². The Morgan fingerprint density at radius 3 is 2.15 bits per heavy atom. The van der Waals surface area contributed by atoms with Crippen molar-refractivity contribution in [2.24, 2.45) is 0 Å². The number of halogens is 1. The minimum absolute atomic E-state index is 0.0928. The molecule has 0 saturated heterocycles. The average molecular weight is 287 g/mol. The maximum absolute atomic E-state index is 6.77. The molecule has 2 aromatic rings. The lowest BCUT2D eigenvalue weighted by Crippen LogP contribution is -2.15. The Kier molecular flexibility index (Phi) is 4.25. The lowest BCUT2D eigenvalue weighted by molar-refractivity contribution is 0.583. The van der Waals surface area contributed by atoms with Crippen molar-refractivity contribution >= 4 is 11.6 Å². The maximum atomic E-state index is 6.77. The van der Waals surface area contributed by atoms with Crippen molar-refractivity contribution in [1.82, 2.24) is 0 Å². The first-order valence-corrected chi connectivity index (χ1v) is 7.55. The summed E-state index contributed by atoms with van der Waals surface area (Å²) in [5, 5.41) is -0.0928. The SMILES string of the molecule is Cc1ccc(C(Cl)c2ccccc2C(C)(C)C)cc1C. The van der Waals surface area contributed by atoms with Gasteiger partial charge in [0.1, 0.15) is 0 Å². The van der Waals surface area contributed by atoms with Gasteiger partial charge in [-0.3, -0.25) is 0 Å². The third kappa shape index (κ3) is 3.07. The van der Waals surface area contributed by atoms with Gasteiger partial charge in [-0.05, 0) is 47.1 Å². The number of rotatable bonds is 2. The molecule has 20 heavy (non-hydrogen) atoms. The fourth-order valence-electron chi connectivity index (χ4n) is 2.50. The van der Waals surface area contributed by atoms with E-state index in [1.54, 1.807) is 0 Å². The fourth-order valence-corrected chi connectivity index (χ4v) is 2.83. The number of hydrogen-bond donors (Lipinski definition) is 0. The molecule has 0 N–H and O–H groups in total. The smallest absolute Gasteiger partial charge is 0.0838 e. The molecule has 0 amide bonds.